The van der Waals surface area contributed by atoms with Crippen molar-refractivity contribution in [3.8, 4) is 0 Å². The molecule has 0 spiro atoms. The Hall–Kier alpha value is -0.180. The summed E-state index contributed by atoms with van der Waals surface area (Å²) in [6.45, 7) is 3.32. The summed E-state index contributed by atoms with van der Waals surface area (Å²) in [6, 6.07) is 1.83. The Balaban J connectivity index is 2.17. The van der Waals surface area contributed by atoms with Crippen molar-refractivity contribution in [3.63, 3.8) is 0 Å². The number of nitrogens with zero attached hydrogens (tertiary/aromatic N) is 3. The minimum Gasteiger partial charge on any atom is -0.335 e. The minimum atomic E-state index is -0.00264. The summed E-state index contributed by atoms with van der Waals surface area (Å²) in [5.74, 6) is -0.00264. The second-order valence-electron chi connectivity index (χ2n) is 4.15. The van der Waals surface area contributed by atoms with Crippen molar-refractivity contribution in [1.82, 2.24) is 14.7 Å². The van der Waals surface area contributed by atoms with Crippen molar-refractivity contribution >= 4 is 65.0 Å². The number of hydrogen-bond donors (Lipinski definition) is 0. The molecule has 0 aromatic carbocycles. The monoisotopic (exact) mass is 483 g/mol. The molecule has 0 atom stereocenters. The Bertz CT molecular complexity index is 618. The van der Waals surface area contributed by atoms with Crippen molar-refractivity contribution in [2.24, 2.45) is 0 Å². The molecule has 0 fully saturated rings. The maximum absolute atomic E-state index is 12.4. The third-order valence-electron chi connectivity index (χ3n) is 2.79. The fourth-order valence-electron chi connectivity index (χ4n) is 1.75. The Labute approximate surface area is 146 Å². The summed E-state index contributed by atoms with van der Waals surface area (Å²) < 4.78 is 4.63. The van der Waals surface area contributed by atoms with E-state index in [4.69, 9.17) is 0 Å². The average molecular weight is 486 g/mol. The van der Waals surface area contributed by atoms with Crippen LogP contribution in [0.25, 0.3) is 0 Å². The highest BCUT2D eigenvalue weighted by Crippen LogP contribution is 2.33. The van der Waals surface area contributed by atoms with E-state index in [1.165, 1.54) is 11.3 Å². The normalized spacial score (nSPS) is 10.8. The van der Waals surface area contributed by atoms with Gasteiger partial charge in [-0.15, -0.1) is 11.3 Å². The molecule has 108 valence electrons. The molecular formula is C12H12Br3N3OS. The van der Waals surface area contributed by atoms with Crippen LogP contribution in [0.15, 0.2) is 25.0 Å². The molecule has 20 heavy (non-hydrogen) atoms. The molecule has 4 nitrogen and oxygen atoms in total. The molecule has 0 saturated heterocycles. The molecule has 0 N–H and O–H groups in total. The second-order valence-corrected chi connectivity index (χ2v) is 8.23. The van der Waals surface area contributed by atoms with Crippen LogP contribution in [0.2, 0.25) is 0 Å². The molecule has 0 radical (unpaired) electrons. The number of carbonyl (C=O) groups is 1. The lowest BCUT2D eigenvalue weighted by molar-refractivity contribution is 0.0786. The lowest BCUT2D eigenvalue weighted by Gasteiger charge is -2.17. The van der Waals surface area contributed by atoms with Gasteiger partial charge in [0.05, 0.1) is 31.6 Å². The van der Waals surface area contributed by atoms with Crippen LogP contribution in [0.3, 0.4) is 0 Å². The van der Waals surface area contributed by atoms with Crippen LogP contribution in [-0.2, 0) is 13.1 Å². The maximum Gasteiger partial charge on any atom is 0.264 e. The number of amides is 1. The molecule has 2 heterocycles. The fourth-order valence-corrected chi connectivity index (χ4v) is 4.21. The number of thiophene rings is 1. The molecule has 2 aromatic rings. The van der Waals surface area contributed by atoms with E-state index in [0.29, 0.717) is 11.4 Å². The SMILES string of the molecule is CCn1ncc(Br)c1CN(C)C(=O)c1cc(Br)c(Br)s1. The molecule has 0 aliphatic carbocycles. The summed E-state index contributed by atoms with van der Waals surface area (Å²) in [7, 11) is 1.79. The average Bonchev–Trinajstić information content (AvgIpc) is 2.93. The molecule has 0 aliphatic rings. The van der Waals surface area contributed by atoms with Gasteiger partial charge in [-0.25, -0.2) is 0 Å². The molecule has 0 bridgehead atoms. The van der Waals surface area contributed by atoms with Crippen LogP contribution in [0.1, 0.15) is 22.3 Å². The third-order valence-corrected chi connectivity index (χ3v) is 6.69. The molecule has 2 rings (SSSR count). The minimum absolute atomic E-state index is 0.00264. The molecule has 0 unspecified atom stereocenters. The second kappa shape index (κ2) is 6.72. The number of hydrogen-bond acceptors (Lipinski definition) is 3. The van der Waals surface area contributed by atoms with Gasteiger partial charge in [-0.05, 0) is 60.8 Å². The van der Waals surface area contributed by atoms with Gasteiger partial charge < -0.3 is 4.90 Å². The third kappa shape index (κ3) is 3.35. The summed E-state index contributed by atoms with van der Waals surface area (Å²) in [5, 5.41) is 4.26. The van der Waals surface area contributed by atoms with Gasteiger partial charge in [0.25, 0.3) is 5.91 Å². The Kier molecular flexibility index (Phi) is 5.44. The summed E-state index contributed by atoms with van der Waals surface area (Å²) in [5.41, 5.74) is 0.998. The van der Waals surface area contributed by atoms with Gasteiger partial charge in [0, 0.05) is 18.1 Å². The molecule has 0 aliphatic heterocycles. The maximum atomic E-state index is 12.4. The van der Waals surface area contributed by atoms with Crippen LogP contribution < -0.4 is 0 Å². The van der Waals surface area contributed by atoms with Crippen molar-refractivity contribution in [2.45, 2.75) is 20.0 Å². The van der Waals surface area contributed by atoms with E-state index >= 15 is 0 Å². The first-order valence-corrected chi connectivity index (χ1v) is 9.04. The van der Waals surface area contributed by atoms with Gasteiger partial charge in [0.2, 0.25) is 0 Å². The molecule has 0 saturated carbocycles. The number of carbonyl (C=O) groups excluding carboxylic acids is 1. The van der Waals surface area contributed by atoms with E-state index in [-0.39, 0.29) is 5.91 Å². The molecule has 2 aromatic heterocycles. The van der Waals surface area contributed by atoms with Crippen LogP contribution in [0, 0.1) is 0 Å². The van der Waals surface area contributed by atoms with Gasteiger partial charge in [0.15, 0.2) is 0 Å². The van der Waals surface area contributed by atoms with E-state index in [2.05, 4.69) is 52.9 Å². The zero-order valence-corrected chi connectivity index (χ0v) is 16.4. The van der Waals surface area contributed by atoms with Gasteiger partial charge in [0.1, 0.15) is 0 Å². The van der Waals surface area contributed by atoms with Gasteiger partial charge >= 0.3 is 0 Å². The number of aryl methyl sites for hydroxylation is 1. The Morgan fingerprint density at radius 3 is 2.65 bits per heavy atom. The van der Waals surface area contributed by atoms with Crippen LogP contribution in [-0.4, -0.2) is 27.6 Å². The van der Waals surface area contributed by atoms with Crippen LogP contribution in [0.5, 0.6) is 0 Å². The van der Waals surface area contributed by atoms with E-state index in [9.17, 15) is 4.79 Å². The van der Waals surface area contributed by atoms with E-state index in [1.54, 1.807) is 18.1 Å². The Morgan fingerprint density at radius 1 is 1.40 bits per heavy atom. The zero-order valence-electron chi connectivity index (χ0n) is 10.9. The highest BCUT2D eigenvalue weighted by atomic mass is 79.9. The first-order chi connectivity index (χ1) is 9.43. The summed E-state index contributed by atoms with van der Waals surface area (Å²) in [6.07, 6.45) is 1.76. The van der Waals surface area contributed by atoms with E-state index in [1.807, 2.05) is 17.7 Å². The highest BCUT2D eigenvalue weighted by Gasteiger charge is 2.19. The number of halogens is 3. The first kappa shape index (κ1) is 16.2. The summed E-state index contributed by atoms with van der Waals surface area (Å²) >= 11 is 11.7. The lowest BCUT2D eigenvalue weighted by atomic mass is 10.3. The zero-order chi connectivity index (χ0) is 14.9. The van der Waals surface area contributed by atoms with Crippen molar-refractivity contribution in [1.29, 1.82) is 0 Å². The van der Waals surface area contributed by atoms with Crippen molar-refractivity contribution in [2.75, 3.05) is 7.05 Å². The largest absolute Gasteiger partial charge is 0.335 e. The number of aromatic nitrogens is 2. The Morgan fingerprint density at radius 2 is 2.10 bits per heavy atom. The molecule has 8 heteroatoms. The smallest absolute Gasteiger partial charge is 0.264 e. The topological polar surface area (TPSA) is 38.1 Å². The van der Waals surface area contributed by atoms with E-state index < -0.39 is 0 Å². The molecular weight excluding hydrogens is 474 g/mol. The lowest BCUT2D eigenvalue weighted by Crippen LogP contribution is -2.27. The quantitative estimate of drug-likeness (QED) is 0.638. The van der Waals surface area contributed by atoms with Gasteiger partial charge in [-0.3, -0.25) is 9.48 Å². The van der Waals surface area contributed by atoms with Crippen LogP contribution >= 0.6 is 59.1 Å². The summed E-state index contributed by atoms with van der Waals surface area (Å²) in [4.78, 5) is 14.8. The number of rotatable bonds is 4. The van der Waals surface area contributed by atoms with Gasteiger partial charge in [-0.2, -0.15) is 5.10 Å². The first-order valence-electron chi connectivity index (χ1n) is 5.84. The highest BCUT2D eigenvalue weighted by molar-refractivity contribution is 9.13. The predicted octanol–water partition coefficient (Wildman–Crippen LogP) is 4.52. The molecule has 1 amide bonds. The van der Waals surface area contributed by atoms with Crippen LogP contribution in [0.4, 0.5) is 0 Å². The van der Waals surface area contributed by atoms with Crippen molar-refractivity contribution in [3.05, 3.63) is 35.6 Å². The standard InChI is InChI=1S/C12H12Br3N3OS/c1-3-18-9(8(14)5-16-18)6-17(2)12(19)10-4-7(13)11(15)20-10/h4-5H,3,6H2,1-2H3. The predicted molar refractivity (Wildman–Crippen MR) is 91.1 cm³/mol. The van der Waals surface area contributed by atoms with Gasteiger partial charge in [-0.1, -0.05) is 0 Å². The van der Waals surface area contributed by atoms with E-state index in [0.717, 1.165) is 25.0 Å². The fraction of sp³-hybridized carbons (Fsp3) is 0.333. The van der Waals surface area contributed by atoms with Crippen molar-refractivity contribution < 1.29 is 4.79 Å².